The van der Waals surface area contributed by atoms with Gasteiger partial charge in [-0.2, -0.15) is 0 Å². The summed E-state index contributed by atoms with van der Waals surface area (Å²) in [6.07, 6.45) is 2.65. The molecule has 3 nitrogen and oxygen atoms in total. The Balaban J connectivity index is 1.97. The van der Waals surface area contributed by atoms with Gasteiger partial charge in [0.25, 0.3) is 0 Å². The van der Waals surface area contributed by atoms with Crippen LogP contribution in [0.1, 0.15) is 28.8 Å². The van der Waals surface area contributed by atoms with E-state index in [0.29, 0.717) is 11.7 Å². The summed E-state index contributed by atoms with van der Waals surface area (Å²) in [7, 11) is 0. The molecule has 1 N–H and O–H groups in total. The van der Waals surface area contributed by atoms with Crippen molar-refractivity contribution in [3.63, 3.8) is 0 Å². The molecule has 0 spiro atoms. The first kappa shape index (κ1) is 12.5. The summed E-state index contributed by atoms with van der Waals surface area (Å²) in [6.45, 7) is 2.71. The van der Waals surface area contributed by atoms with Crippen molar-refractivity contribution in [2.24, 2.45) is 0 Å². The second kappa shape index (κ2) is 5.56. The maximum Gasteiger partial charge on any atom is 0.335 e. The number of aryl methyl sites for hydroxylation is 1. The van der Waals surface area contributed by atoms with Crippen LogP contribution < -0.4 is 0 Å². The first-order chi connectivity index (χ1) is 8.16. The number of carboxylic acids is 1. The van der Waals surface area contributed by atoms with Crippen molar-refractivity contribution in [3.05, 3.63) is 29.3 Å². The molecular weight excluding hydrogens is 236 g/mol. The largest absolute Gasteiger partial charge is 0.478 e. The molecule has 0 aliphatic carbocycles. The van der Waals surface area contributed by atoms with Crippen LogP contribution >= 0.6 is 11.8 Å². The highest BCUT2D eigenvalue weighted by Gasteiger charge is 2.15. The van der Waals surface area contributed by atoms with E-state index in [9.17, 15) is 4.79 Å². The number of carboxylic acid groups (broad SMARTS) is 1. The minimum Gasteiger partial charge on any atom is -0.478 e. The van der Waals surface area contributed by atoms with E-state index in [1.165, 1.54) is 0 Å². The molecule has 1 heterocycles. The number of hydrogen-bond donors (Lipinski definition) is 1. The van der Waals surface area contributed by atoms with Crippen LogP contribution in [0.2, 0.25) is 0 Å². The van der Waals surface area contributed by atoms with Crippen LogP contribution in [0.15, 0.2) is 23.1 Å². The van der Waals surface area contributed by atoms with Gasteiger partial charge < -0.3 is 9.84 Å². The van der Waals surface area contributed by atoms with E-state index < -0.39 is 5.97 Å². The van der Waals surface area contributed by atoms with E-state index in [1.807, 2.05) is 19.1 Å². The number of thioether (sulfide) groups is 1. The average Bonchev–Trinajstić information content (AvgIpc) is 2.78. The maximum absolute atomic E-state index is 10.9. The first-order valence-electron chi connectivity index (χ1n) is 5.75. The minimum absolute atomic E-state index is 0.361. The Bertz CT molecular complexity index is 411. The monoisotopic (exact) mass is 252 g/mol. The molecule has 17 heavy (non-hydrogen) atoms. The lowest BCUT2D eigenvalue weighted by atomic mass is 10.1. The Morgan fingerprint density at radius 2 is 2.41 bits per heavy atom. The molecule has 2 rings (SSSR count). The Kier molecular flexibility index (Phi) is 4.07. The molecule has 1 unspecified atom stereocenters. The lowest BCUT2D eigenvalue weighted by Gasteiger charge is -2.09. The van der Waals surface area contributed by atoms with Crippen molar-refractivity contribution in [1.29, 1.82) is 0 Å². The standard InChI is InChI=1S/C13H16O3S/c1-9-7-11(4-5-12(9)13(14)15)17-8-10-3-2-6-16-10/h4-5,7,10H,2-3,6,8H2,1H3,(H,14,15). The summed E-state index contributed by atoms with van der Waals surface area (Å²) in [5.74, 6) is 0.0875. The molecule has 0 saturated carbocycles. The smallest absolute Gasteiger partial charge is 0.335 e. The highest BCUT2D eigenvalue weighted by Crippen LogP contribution is 2.25. The van der Waals surface area contributed by atoms with Crippen molar-refractivity contribution in [2.75, 3.05) is 12.4 Å². The Hall–Kier alpha value is -1.00. The van der Waals surface area contributed by atoms with Crippen molar-refractivity contribution in [1.82, 2.24) is 0 Å². The molecule has 0 amide bonds. The van der Waals surface area contributed by atoms with E-state index >= 15 is 0 Å². The summed E-state index contributed by atoms with van der Waals surface area (Å²) < 4.78 is 5.55. The fourth-order valence-corrected chi connectivity index (χ4v) is 3.00. The fourth-order valence-electron chi connectivity index (χ4n) is 1.93. The fraction of sp³-hybridized carbons (Fsp3) is 0.462. The Morgan fingerprint density at radius 1 is 1.59 bits per heavy atom. The van der Waals surface area contributed by atoms with Gasteiger partial charge in [0, 0.05) is 17.3 Å². The zero-order valence-corrected chi connectivity index (χ0v) is 10.6. The third-order valence-corrected chi connectivity index (χ3v) is 4.01. The zero-order valence-electron chi connectivity index (χ0n) is 9.81. The lowest BCUT2D eigenvalue weighted by molar-refractivity contribution is 0.0696. The number of carbonyl (C=O) groups is 1. The first-order valence-corrected chi connectivity index (χ1v) is 6.74. The van der Waals surface area contributed by atoms with E-state index in [0.717, 1.165) is 35.7 Å². The molecule has 1 fully saturated rings. The maximum atomic E-state index is 10.9. The van der Waals surface area contributed by atoms with Crippen LogP contribution in [0.5, 0.6) is 0 Å². The molecule has 1 aromatic rings. The van der Waals surface area contributed by atoms with Gasteiger partial charge in [0.1, 0.15) is 0 Å². The van der Waals surface area contributed by atoms with Crippen LogP contribution in [0.3, 0.4) is 0 Å². The van der Waals surface area contributed by atoms with Crippen LogP contribution in [0.4, 0.5) is 0 Å². The Labute approximate surface area is 105 Å². The minimum atomic E-state index is -0.863. The second-order valence-electron chi connectivity index (χ2n) is 4.23. The molecule has 1 aliphatic rings. The molecule has 0 aromatic heterocycles. The summed E-state index contributed by atoms with van der Waals surface area (Å²) in [4.78, 5) is 12.0. The molecule has 0 radical (unpaired) electrons. The number of ether oxygens (including phenoxy) is 1. The van der Waals surface area contributed by atoms with Crippen molar-refractivity contribution in [3.8, 4) is 0 Å². The van der Waals surface area contributed by atoms with Crippen molar-refractivity contribution in [2.45, 2.75) is 30.8 Å². The zero-order chi connectivity index (χ0) is 12.3. The molecule has 1 aromatic carbocycles. The topological polar surface area (TPSA) is 46.5 Å². The average molecular weight is 252 g/mol. The molecular formula is C13H16O3S. The summed E-state index contributed by atoms with van der Waals surface area (Å²) in [5.41, 5.74) is 1.20. The van der Waals surface area contributed by atoms with Gasteiger partial charge in [-0.05, 0) is 43.5 Å². The predicted octanol–water partition coefficient (Wildman–Crippen LogP) is 2.96. The van der Waals surface area contributed by atoms with Crippen molar-refractivity contribution >= 4 is 17.7 Å². The van der Waals surface area contributed by atoms with Gasteiger partial charge in [0.2, 0.25) is 0 Å². The number of rotatable bonds is 4. The summed E-state index contributed by atoms with van der Waals surface area (Å²) in [5, 5.41) is 8.93. The van der Waals surface area contributed by atoms with Gasteiger partial charge >= 0.3 is 5.97 Å². The van der Waals surface area contributed by atoms with Crippen LogP contribution in [0, 0.1) is 6.92 Å². The summed E-state index contributed by atoms with van der Waals surface area (Å²) in [6, 6.07) is 5.48. The van der Waals surface area contributed by atoms with E-state index in [2.05, 4.69) is 0 Å². The summed E-state index contributed by atoms with van der Waals surface area (Å²) >= 11 is 1.73. The highest BCUT2D eigenvalue weighted by molar-refractivity contribution is 7.99. The predicted molar refractivity (Wildman–Crippen MR) is 67.8 cm³/mol. The van der Waals surface area contributed by atoms with Gasteiger partial charge in [-0.25, -0.2) is 4.79 Å². The van der Waals surface area contributed by atoms with Gasteiger partial charge in [-0.15, -0.1) is 11.8 Å². The lowest BCUT2D eigenvalue weighted by Crippen LogP contribution is -2.07. The van der Waals surface area contributed by atoms with Gasteiger partial charge in [-0.1, -0.05) is 0 Å². The van der Waals surface area contributed by atoms with E-state index in [4.69, 9.17) is 9.84 Å². The number of aromatic carboxylic acids is 1. The third kappa shape index (κ3) is 3.23. The molecule has 1 atom stereocenters. The number of hydrogen-bond acceptors (Lipinski definition) is 3. The molecule has 1 aliphatic heterocycles. The van der Waals surface area contributed by atoms with E-state index in [-0.39, 0.29) is 0 Å². The van der Waals surface area contributed by atoms with Crippen LogP contribution in [-0.4, -0.2) is 29.5 Å². The molecule has 1 saturated heterocycles. The van der Waals surface area contributed by atoms with Crippen LogP contribution in [0.25, 0.3) is 0 Å². The van der Waals surface area contributed by atoms with Crippen molar-refractivity contribution < 1.29 is 14.6 Å². The van der Waals surface area contributed by atoms with Gasteiger partial charge in [0.15, 0.2) is 0 Å². The normalized spacial score (nSPS) is 19.5. The van der Waals surface area contributed by atoms with Gasteiger partial charge in [0.05, 0.1) is 11.7 Å². The highest BCUT2D eigenvalue weighted by atomic mass is 32.2. The molecule has 0 bridgehead atoms. The molecule has 4 heteroatoms. The quantitative estimate of drug-likeness (QED) is 0.837. The Morgan fingerprint density at radius 3 is 3.00 bits per heavy atom. The van der Waals surface area contributed by atoms with Gasteiger partial charge in [-0.3, -0.25) is 0 Å². The molecule has 92 valence electrons. The second-order valence-corrected chi connectivity index (χ2v) is 5.32. The van der Waals surface area contributed by atoms with E-state index in [1.54, 1.807) is 17.8 Å². The van der Waals surface area contributed by atoms with Crippen LogP contribution in [-0.2, 0) is 4.74 Å². The third-order valence-electron chi connectivity index (χ3n) is 2.89. The number of benzene rings is 1. The SMILES string of the molecule is Cc1cc(SCC2CCCO2)ccc1C(=O)O.